The number of anilines is 1. The molecule has 0 amide bonds. The first-order valence-corrected chi connectivity index (χ1v) is 12.5. The number of aliphatic hydroxyl groups is 1. The third kappa shape index (κ3) is 4.95. The van der Waals surface area contributed by atoms with Crippen molar-refractivity contribution >= 4 is 11.4 Å². The van der Waals surface area contributed by atoms with Crippen molar-refractivity contribution in [3.63, 3.8) is 0 Å². The van der Waals surface area contributed by atoms with Crippen molar-refractivity contribution < 1.29 is 5.11 Å². The summed E-state index contributed by atoms with van der Waals surface area (Å²) in [5, 5.41) is 12.6. The first-order chi connectivity index (χ1) is 15.2. The quantitative estimate of drug-likeness (QED) is 0.618. The molecular weight excluding hydrogens is 396 g/mol. The van der Waals surface area contributed by atoms with Gasteiger partial charge in [-0.05, 0) is 72.6 Å². The van der Waals surface area contributed by atoms with Crippen LogP contribution in [-0.4, -0.2) is 48.4 Å². The first-order valence-electron chi connectivity index (χ1n) is 12.5. The fourth-order valence-electron chi connectivity index (χ4n) is 5.62. The molecule has 2 heterocycles. The van der Waals surface area contributed by atoms with E-state index in [-0.39, 0.29) is 18.1 Å². The van der Waals surface area contributed by atoms with Crippen LogP contribution in [0.25, 0.3) is 5.57 Å². The number of nitrogens with two attached hydrogens (primary N) is 1. The molecular formula is C27H42N4O. The van der Waals surface area contributed by atoms with Gasteiger partial charge in [0.25, 0.3) is 0 Å². The van der Waals surface area contributed by atoms with Crippen molar-refractivity contribution in [2.45, 2.75) is 78.3 Å². The molecule has 4 N–H and O–H groups in total. The average molecular weight is 439 g/mol. The summed E-state index contributed by atoms with van der Waals surface area (Å²) in [5.74, 6) is 1.09. The molecule has 5 nitrogen and oxygen atoms in total. The number of rotatable bonds is 6. The second kappa shape index (κ2) is 9.28. The fraction of sp³-hybridized carbons (Fsp3) is 0.667. The maximum Gasteiger partial charge on any atom is 0.129 e. The number of piperidine rings is 1. The Kier molecular flexibility index (Phi) is 6.81. The van der Waals surface area contributed by atoms with Gasteiger partial charge in [-0.3, -0.25) is 0 Å². The highest BCUT2D eigenvalue weighted by Crippen LogP contribution is 2.53. The van der Waals surface area contributed by atoms with Crippen LogP contribution in [0.3, 0.4) is 0 Å². The molecule has 176 valence electrons. The Morgan fingerprint density at radius 1 is 1.12 bits per heavy atom. The SMILES string of the molecule is CC1(C)CCC(C)(C)C2=C1C=C(c1cccc(N3CCC(NCC(N)CO)CC3)n1)CC2. The Labute approximate surface area is 194 Å². The van der Waals surface area contributed by atoms with Crippen LogP contribution in [0.15, 0.2) is 35.4 Å². The monoisotopic (exact) mass is 438 g/mol. The highest BCUT2D eigenvalue weighted by Gasteiger charge is 2.39. The molecule has 0 aromatic carbocycles. The third-order valence-electron chi connectivity index (χ3n) is 7.99. The van der Waals surface area contributed by atoms with Crippen molar-refractivity contribution in [3.05, 3.63) is 41.1 Å². The van der Waals surface area contributed by atoms with E-state index >= 15 is 0 Å². The molecule has 1 atom stereocenters. The number of aromatic nitrogens is 1. The molecule has 2 aliphatic carbocycles. The van der Waals surface area contributed by atoms with Gasteiger partial charge in [0.1, 0.15) is 5.82 Å². The van der Waals surface area contributed by atoms with E-state index in [1.807, 2.05) is 0 Å². The van der Waals surface area contributed by atoms with Crippen molar-refractivity contribution in [3.8, 4) is 0 Å². The van der Waals surface area contributed by atoms with Gasteiger partial charge in [0.15, 0.2) is 0 Å². The summed E-state index contributed by atoms with van der Waals surface area (Å²) in [6, 6.07) is 6.80. The van der Waals surface area contributed by atoms with Gasteiger partial charge in [0.05, 0.1) is 12.3 Å². The van der Waals surface area contributed by atoms with Crippen LogP contribution in [0.1, 0.15) is 71.9 Å². The second-order valence-corrected chi connectivity index (χ2v) is 11.3. The third-order valence-corrected chi connectivity index (χ3v) is 7.99. The lowest BCUT2D eigenvalue weighted by atomic mass is 9.60. The Morgan fingerprint density at radius 2 is 1.84 bits per heavy atom. The van der Waals surface area contributed by atoms with E-state index < -0.39 is 0 Å². The molecule has 0 saturated carbocycles. The average Bonchev–Trinajstić information content (AvgIpc) is 2.81. The molecule has 1 saturated heterocycles. The number of nitrogens with zero attached hydrogens (tertiary/aromatic N) is 2. The predicted octanol–water partition coefficient (Wildman–Crippen LogP) is 4.28. The maximum absolute atomic E-state index is 9.12. The second-order valence-electron chi connectivity index (χ2n) is 11.3. The fourth-order valence-corrected chi connectivity index (χ4v) is 5.62. The van der Waals surface area contributed by atoms with Crippen molar-refractivity contribution in [2.24, 2.45) is 16.6 Å². The minimum Gasteiger partial charge on any atom is -0.395 e. The Bertz CT molecular complexity index is 877. The number of hydrogen-bond acceptors (Lipinski definition) is 5. The molecule has 0 radical (unpaired) electrons. The van der Waals surface area contributed by atoms with Gasteiger partial charge in [0, 0.05) is 31.7 Å². The Morgan fingerprint density at radius 3 is 2.56 bits per heavy atom. The van der Waals surface area contributed by atoms with Crippen LogP contribution in [0.4, 0.5) is 5.82 Å². The zero-order valence-corrected chi connectivity index (χ0v) is 20.5. The molecule has 1 unspecified atom stereocenters. The van der Waals surface area contributed by atoms with Crippen LogP contribution < -0.4 is 16.0 Å². The minimum absolute atomic E-state index is 0.0332. The van der Waals surface area contributed by atoms with Crippen LogP contribution in [-0.2, 0) is 0 Å². The molecule has 4 rings (SSSR count). The number of pyridine rings is 1. The molecule has 0 bridgehead atoms. The van der Waals surface area contributed by atoms with E-state index in [2.05, 4.69) is 62.2 Å². The van der Waals surface area contributed by atoms with Crippen LogP contribution in [0.5, 0.6) is 0 Å². The summed E-state index contributed by atoms with van der Waals surface area (Å²) in [4.78, 5) is 7.53. The molecule has 1 fully saturated rings. The van der Waals surface area contributed by atoms with Gasteiger partial charge in [0.2, 0.25) is 0 Å². The summed E-state index contributed by atoms with van der Waals surface area (Å²) in [6.45, 7) is 12.4. The lowest BCUT2D eigenvalue weighted by Crippen LogP contribution is -2.47. The zero-order valence-electron chi connectivity index (χ0n) is 20.5. The van der Waals surface area contributed by atoms with E-state index in [0.717, 1.165) is 50.3 Å². The van der Waals surface area contributed by atoms with E-state index in [0.29, 0.717) is 18.0 Å². The summed E-state index contributed by atoms with van der Waals surface area (Å²) >= 11 is 0. The smallest absolute Gasteiger partial charge is 0.129 e. The summed E-state index contributed by atoms with van der Waals surface area (Å²) in [6.07, 6.45) is 9.42. The standard InChI is InChI=1S/C27H42N4O/c1-26(2)12-13-27(3,4)23-16-19(8-9-22(23)26)24-6-5-7-25(30-24)31-14-10-21(11-15-31)29-17-20(28)18-32/h5-7,16,20-21,29,32H,8-15,17-18,28H2,1-4H3. The number of hydrogen-bond donors (Lipinski definition) is 3. The van der Waals surface area contributed by atoms with Gasteiger partial charge < -0.3 is 21.1 Å². The van der Waals surface area contributed by atoms with Crippen LogP contribution in [0, 0.1) is 10.8 Å². The zero-order chi connectivity index (χ0) is 22.9. The maximum atomic E-state index is 9.12. The molecule has 0 spiro atoms. The molecule has 1 aromatic heterocycles. The molecule has 3 aliphatic rings. The Hall–Kier alpha value is -1.69. The van der Waals surface area contributed by atoms with Crippen LogP contribution in [0.2, 0.25) is 0 Å². The lowest BCUT2D eigenvalue weighted by molar-refractivity contribution is 0.256. The normalized spacial score (nSPS) is 24.2. The lowest BCUT2D eigenvalue weighted by Gasteiger charge is -2.45. The van der Waals surface area contributed by atoms with Crippen LogP contribution >= 0.6 is 0 Å². The van der Waals surface area contributed by atoms with Crippen molar-refractivity contribution in [1.82, 2.24) is 10.3 Å². The molecule has 1 aromatic rings. The van der Waals surface area contributed by atoms with Crippen molar-refractivity contribution in [2.75, 3.05) is 31.1 Å². The van der Waals surface area contributed by atoms with Gasteiger partial charge in [-0.1, -0.05) is 45.4 Å². The first kappa shape index (κ1) is 23.5. The summed E-state index contributed by atoms with van der Waals surface area (Å²) in [7, 11) is 0. The Balaban J connectivity index is 1.47. The predicted molar refractivity (Wildman–Crippen MR) is 134 cm³/mol. The number of nitrogens with one attached hydrogen (secondary N) is 1. The van der Waals surface area contributed by atoms with E-state index in [1.165, 1.54) is 18.4 Å². The topological polar surface area (TPSA) is 74.4 Å². The largest absolute Gasteiger partial charge is 0.395 e. The summed E-state index contributed by atoms with van der Waals surface area (Å²) in [5.41, 5.74) is 12.2. The van der Waals surface area contributed by atoms with Gasteiger partial charge in [-0.15, -0.1) is 0 Å². The van der Waals surface area contributed by atoms with E-state index in [1.54, 1.807) is 11.1 Å². The minimum atomic E-state index is -0.175. The number of aliphatic hydroxyl groups excluding tert-OH is 1. The molecule has 1 aliphatic heterocycles. The van der Waals surface area contributed by atoms with Gasteiger partial charge >= 0.3 is 0 Å². The van der Waals surface area contributed by atoms with Gasteiger partial charge in [-0.25, -0.2) is 4.98 Å². The molecule has 5 heteroatoms. The number of allylic oxidation sites excluding steroid dienone is 4. The van der Waals surface area contributed by atoms with E-state index in [9.17, 15) is 0 Å². The highest BCUT2D eigenvalue weighted by atomic mass is 16.3. The highest BCUT2D eigenvalue weighted by molar-refractivity contribution is 5.70. The summed E-state index contributed by atoms with van der Waals surface area (Å²) < 4.78 is 0. The van der Waals surface area contributed by atoms with E-state index in [4.69, 9.17) is 15.8 Å². The van der Waals surface area contributed by atoms with Gasteiger partial charge in [-0.2, -0.15) is 0 Å². The van der Waals surface area contributed by atoms with Crippen molar-refractivity contribution in [1.29, 1.82) is 0 Å². The molecule has 32 heavy (non-hydrogen) atoms.